The van der Waals surface area contributed by atoms with Gasteiger partial charge in [-0.1, -0.05) is 72.8 Å². The molecule has 0 fully saturated rings. The zero-order chi connectivity index (χ0) is 30.1. The van der Waals surface area contributed by atoms with E-state index >= 15 is 0 Å². The zero-order valence-electron chi connectivity index (χ0n) is 24.4. The first kappa shape index (κ1) is 23.9. The number of hydrogen-bond acceptors (Lipinski definition) is 3. The molecule has 0 saturated heterocycles. The molecule has 46 heavy (non-hydrogen) atoms. The Hall–Kier alpha value is -6.51. The van der Waals surface area contributed by atoms with Gasteiger partial charge in [-0.2, -0.15) is 5.26 Å². The average molecular weight is 584 g/mol. The monoisotopic (exact) mass is 583 g/mol. The highest BCUT2D eigenvalue weighted by molar-refractivity contribution is 6.35. The molecule has 0 atom stereocenters. The number of nitrogens with zero attached hydrogens (tertiary/aromatic N) is 5. The zero-order valence-corrected chi connectivity index (χ0v) is 24.4. The SMILES string of the molecule is N#Cc1c(-n2c3cccc4c5cccnc5c5cccc2c5c43)cccc1-n1c2cccc3c4ccccc4c4ccnc1c4c32. The molecule has 0 radical (unpaired) electrons. The topological polar surface area (TPSA) is 59.4 Å². The van der Waals surface area contributed by atoms with Gasteiger partial charge in [-0.25, -0.2) is 4.98 Å². The van der Waals surface area contributed by atoms with Crippen LogP contribution in [0.4, 0.5) is 0 Å². The van der Waals surface area contributed by atoms with E-state index in [2.05, 4.69) is 124 Å². The lowest BCUT2D eigenvalue weighted by molar-refractivity contribution is 1.10. The molecule has 0 aliphatic heterocycles. The van der Waals surface area contributed by atoms with Gasteiger partial charge >= 0.3 is 0 Å². The number of pyridine rings is 2. The number of rotatable bonds is 2. The lowest BCUT2D eigenvalue weighted by atomic mass is 9.96. The predicted molar refractivity (Wildman–Crippen MR) is 188 cm³/mol. The van der Waals surface area contributed by atoms with Gasteiger partial charge in [-0.3, -0.25) is 9.55 Å². The summed E-state index contributed by atoms with van der Waals surface area (Å²) in [6.07, 6.45) is 3.76. The first-order valence-electron chi connectivity index (χ1n) is 15.4. The Morgan fingerprint density at radius 2 is 0.978 bits per heavy atom. The molecule has 7 aromatic carbocycles. The number of benzene rings is 7. The first-order valence-corrected chi connectivity index (χ1v) is 15.4. The molecule has 210 valence electrons. The molecule has 4 aromatic heterocycles. The van der Waals surface area contributed by atoms with Gasteiger partial charge in [-0.15, -0.1) is 0 Å². The van der Waals surface area contributed by atoms with Gasteiger partial charge in [0.05, 0.1) is 33.4 Å². The lowest BCUT2D eigenvalue weighted by Crippen LogP contribution is -2.04. The van der Waals surface area contributed by atoms with E-state index in [0.29, 0.717) is 5.56 Å². The van der Waals surface area contributed by atoms with E-state index in [-0.39, 0.29) is 0 Å². The van der Waals surface area contributed by atoms with Gasteiger partial charge in [0.25, 0.3) is 0 Å². The smallest absolute Gasteiger partial charge is 0.146 e. The average Bonchev–Trinajstić information content (AvgIpc) is 3.64. The third kappa shape index (κ3) is 2.72. The standard InChI is InChI=1S/C41H21N5/c42-22-30-31(45-33-16-4-11-26-28-13-7-20-43-40(28)29-12-5-17-34(45)38(29)36(26)33)14-6-15-32(30)46-35-18-3-10-25-23-8-1-2-9-24(23)27-19-21-44-41(46)39(27)37(25)35/h1-21H. The minimum Gasteiger partial charge on any atom is -0.308 e. The Labute approximate surface area is 261 Å². The Balaban J connectivity index is 1.30. The maximum Gasteiger partial charge on any atom is 0.146 e. The molecule has 0 N–H and O–H groups in total. The summed E-state index contributed by atoms with van der Waals surface area (Å²) in [7, 11) is 0. The molecule has 0 amide bonds. The normalized spacial score (nSPS) is 12.3. The van der Waals surface area contributed by atoms with Crippen LogP contribution >= 0.6 is 0 Å². The van der Waals surface area contributed by atoms with Crippen molar-refractivity contribution in [2.75, 3.05) is 0 Å². The van der Waals surface area contributed by atoms with Crippen molar-refractivity contribution in [2.24, 2.45) is 0 Å². The molecule has 0 spiro atoms. The fourth-order valence-corrected chi connectivity index (χ4v) is 8.26. The van der Waals surface area contributed by atoms with Gasteiger partial charge in [0.2, 0.25) is 0 Å². The molecule has 0 bridgehead atoms. The molecule has 5 heteroatoms. The summed E-state index contributed by atoms with van der Waals surface area (Å²) in [6.45, 7) is 0. The minimum atomic E-state index is 0.597. The minimum absolute atomic E-state index is 0.597. The van der Waals surface area contributed by atoms with E-state index in [0.717, 1.165) is 55.2 Å². The third-order valence-corrected chi connectivity index (χ3v) is 9.97. The summed E-state index contributed by atoms with van der Waals surface area (Å²) >= 11 is 0. The largest absolute Gasteiger partial charge is 0.308 e. The van der Waals surface area contributed by atoms with Crippen molar-refractivity contribution in [3.05, 3.63) is 133 Å². The third-order valence-electron chi connectivity index (χ3n) is 9.97. The Kier molecular flexibility index (Phi) is 4.34. The van der Waals surface area contributed by atoms with E-state index in [1.165, 1.54) is 43.1 Å². The quantitative estimate of drug-likeness (QED) is 0.190. The molecule has 11 rings (SSSR count). The van der Waals surface area contributed by atoms with Gasteiger partial charge in [0, 0.05) is 44.7 Å². The van der Waals surface area contributed by atoms with Crippen LogP contribution in [0, 0.1) is 11.3 Å². The number of aromatic nitrogens is 4. The molecule has 11 aromatic rings. The lowest BCUT2D eigenvalue weighted by Gasteiger charge is -2.15. The molecule has 0 aliphatic rings. The Morgan fingerprint density at radius 1 is 0.435 bits per heavy atom. The first-order chi connectivity index (χ1) is 22.8. The maximum atomic E-state index is 11.0. The van der Waals surface area contributed by atoms with E-state index in [4.69, 9.17) is 9.97 Å². The number of hydrogen-bond donors (Lipinski definition) is 0. The summed E-state index contributed by atoms with van der Waals surface area (Å²) in [5.74, 6) is 0. The molecule has 0 saturated carbocycles. The highest BCUT2D eigenvalue weighted by Gasteiger charge is 2.25. The molecule has 4 heterocycles. The van der Waals surface area contributed by atoms with Crippen molar-refractivity contribution in [3.63, 3.8) is 0 Å². The number of nitriles is 1. The summed E-state index contributed by atoms with van der Waals surface area (Å²) in [6, 6.07) is 43.0. The van der Waals surface area contributed by atoms with Crippen LogP contribution in [0.25, 0.3) is 98.3 Å². The molecule has 0 unspecified atom stereocenters. The van der Waals surface area contributed by atoms with E-state index in [1.54, 1.807) is 0 Å². The van der Waals surface area contributed by atoms with Gasteiger partial charge in [0.15, 0.2) is 0 Å². The second kappa shape index (κ2) is 8.35. The van der Waals surface area contributed by atoms with Crippen LogP contribution in [0.15, 0.2) is 128 Å². The molecule has 5 nitrogen and oxygen atoms in total. The highest BCUT2D eigenvalue weighted by atomic mass is 15.1. The fraction of sp³-hybridized carbons (Fsp3) is 0. The van der Waals surface area contributed by atoms with Crippen molar-refractivity contribution < 1.29 is 0 Å². The van der Waals surface area contributed by atoms with Crippen LogP contribution in [0.2, 0.25) is 0 Å². The molecule has 0 aliphatic carbocycles. The van der Waals surface area contributed by atoms with E-state index < -0.39 is 0 Å². The summed E-state index contributed by atoms with van der Waals surface area (Å²) in [5.41, 5.74) is 7.28. The van der Waals surface area contributed by atoms with E-state index in [9.17, 15) is 5.26 Å². The van der Waals surface area contributed by atoms with Crippen molar-refractivity contribution in [1.82, 2.24) is 19.1 Å². The van der Waals surface area contributed by atoms with Gasteiger partial charge < -0.3 is 4.57 Å². The van der Waals surface area contributed by atoms with Crippen molar-refractivity contribution >= 4 is 87.0 Å². The predicted octanol–water partition coefficient (Wildman–Crippen LogP) is 10.0. The van der Waals surface area contributed by atoms with Gasteiger partial charge in [-0.05, 0) is 69.4 Å². The second-order valence-corrected chi connectivity index (χ2v) is 12.1. The van der Waals surface area contributed by atoms with Crippen LogP contribution in [0.5, 0.6) is 0 Å². The second-order valence-electron chi connectivity index (χ2n) is 12.1. The Bertz CT molecular complexity index is 2720. The summed E-state index contributed by atoms with van der Waals surface area (Å²) < 4.78 is 4.45. The van der Waals surface area contributed by atoms with Crippen LogP contribution in [0.1, 0.15) is 5.56 Å². The van der Waals surface area contributed by atoms with Crippen LogP contribution in [-0.4, -0.2) is 19.1 Å². The maximum absolute atomic E-state index is 11.0. The van der Waals surface area contributed by atoms with Crippen LogP contribution in [0.3, 0.4) is 0 Å². The van der Waals surface area contributed by atoms with Gasteiger partial charge in [0.1, 0.15) is 17.3 Å². The molecular formula is C41H21N5. The Morgan fingerprint density at radius 3 is 1.72 bits per heavy atom. The van der Waals surface area contributed by atoms with Crippen LogP contribution in [-0.2, 0) is 0 Å². The van der Waals surface area contributed by atoms with E-state index in [1.807, 2.05) is 18.5 Å². The van der Waals surface area contributed by atoms with Crippen LogP contribution < -0.4 is 0 Å². The van der Waals surface area contributed by atoms with Crippen molar-refractivity contribution in [1.29, 1.82) is 5.26 Å². The van der Waals surface area contributed by atoms with Crippen molar-refractivity contribution in [2.45, 2.75) is 0 Å². The van der Waals surface area contributed by atoms with Crippen molar-refractivity contribution in [3.8, 4) is 17.4 Å². The highest BCUT2D eigenvalue weighted by Crippen LogP contribution is 2.46. The number of fused-ring (bicyclic) bond motifs is 6. The fourth-order valence-electron chi connectivity index (χ4n) is 8.26. The summed E-state index contributed by atoms with van der Waals surface area (Å²) in [4.78, 5) is 9.78. The molecular weight excluding hydrogens is 562 g/mol. The summed E-state index contributed by atoms with van der Waals surface area (Å²) in [5, 5.41) is 23.9.